The van der Waals surface area contributed by atoms with Crippen molar-refractivity contribution in [2.75, 3.05) is 12.9 Å². The number of amidine groups is 1. The lowest BCUT2D eigenvalue weighted by Gasteiger charge is -2.25. The molecule has 1 unspecified atom stereocenters. The molecule has 1 aromatic carbocycles. The third-order valence-corrected chi connectivity index (χ3v) is 3.94. The molecule has 0 aliphatic carbocycles. The van der Waals surface area contributed by atoms with Crippen LogP contribution in [-0.2, 0) is 9.53 Å². The van der Waals surface area contributed by atoms with Gasteiger partial charge in [0, 0.05) is 10.7 Å². The molecule has 1 atom stereocenters. The van der Waals surface area contributed by atoms with Crippen molar-refractivity contribution < 1.29 is 9.53 Å². The standard InChI is InChI=1S/C15H17ClN2O2S/c1-4-20-14(19)12-9(2)17-15(21-3)18-13(12)10-5-7-11(16)8-6-10/h5-8,13H,4H2,1-3H3,(H,17,18). The van der Waals surface area contributed by atoms with E-state index in [-0.39, 0.29) is 12.0 Å². The van der Waals surface area contributed by atoms with Crippen LogP contribution in [-0.4, -0.2) is 24.0 Å². The van der Waals surface area contributed by atoms with Crippen LogP contribution in [0.3, 0.4) is 0 Å². The van der Waals surface area contributed by atoms with Gasteiger partial charge in [-0.2, -0.15) is 0 Å². The number of nitrogens with one attached hydrogen (secondary N) is 1. The quantitative estimate of drug-likeness (QED) is 0.864. The zero-order chi connectivity index (χ0) is 15.4. The Morgan fingerprint density at radius 1 is 1.43 bits per heavy atom. The number of carbonyl (C=O) groups excluding carboxylic acids is 1. The van der Waals surface area contributed by atoms with Crippen molar-refractivity contribution in [1.29, 1.82) is 0 Å². The summed E-state index contributed by atoms with van der Waals surface area (Å²) in [7, 11) is 0. The summed E-state index contributed by atoms with van der Waals surface area (Å²) >= 11 is 7.43. The van der Waals surface area contributed by atoms with E-state index in [1.54, 1.807) is 19.1 Å². The second kappa shape index (κ2) is 7.00. The predicted octanol–water partition coefficient (Wildman–Crippen LogP) is 3.54. The number of benzene rings is 1. The van der Waals surface area contributed by atoms with E-state index >= 15 is 0 Å². The minimum atomic E-state index is -0.370. The lowest BCUT2D eigenvalue weighted by Crippen LogP contribution is -2.30. The Morgan fingerprint density at radius 2 is 2.10 bits per heavy atom. The van der Waals surface area contributed by atoms with E-state index in [4.69, 9.17) is 16.3 Å². The van der Waals surface area contributed by atoms with Gasteiger partial charge in [-0.15, -0.1) is 0 Å². The van der Waals surface area contributed by atoms with Crippen LogP contribution >= 0.6 is 23.4 Å². The average molecular weight is 325 g/mol. The number of thioether (sulfide) groups is 1. The number of allylic oxidation sites excluding steroid dienone is 1. The highest BCUT2D eigenvalue weighted by molar-refractivity contribution is 8.13. The lowest BCUT2D eigenvalue weighted by atomic mass is 9.97. The summed E-state index contributed by atoms with van der Waals surface area (Å²) < 4.78 is 5.16. The van der Waals surface area contributed by atoms with E-state index in [9.17, 15) is 4.79 Å². The van der Waals surface area contributed by atoms with Crippen LogP contribution in [0.2, 0.25) is 5.02 Å². The molecule has 0 saturated carbocycles. The largest absolute Gasteiger partial charge is 0.463 e. The molecule has 0 fully saturated rings. The monoisotopic (exact) mass is 324 g/mol. The molecule has 1 N–H and O–H groups in total. The van der Waals surface area contributed by atoms with E-state index in [2.05, 4.69) is 10.3 Å². The Labute approximate surface area is 133 Å². The summed E-state index contributed by atoms with van der Waals surface area (Å²) in [6, 6.07) is 6.99. The maximum atomic E-state index is 12.2. The number of aliphatic imine (C=N–C) groups is 1. The number of rotatable bonds is 3. The molecular weight excluding hydrogens is 308 g/mol. The minimum Gasteiger partial charge on any atom is -0.463 e. The number of halogens is 1. The normalized spacial score (nSPS) is 18.1. The van der Waals surface area contributed by atoms with Crippen LogP contribution in [0.15, 0.2) is 40.5 Å². The Balaban J connectivity index is 2.44. The van der Waals surface area contributed by atoms with E-state index in [1.807, 2.05) is 25.3 Å². The minimum absolute atomic E-state index is 0.335. The summed E-state index contributed by atoms with van der Waals surface area (Å²) in [5, 5.41) is 4.56. The molecule has 0 saturated heterocycles. The molecule has 0 radical (unpaired) electrons. The Morgan fingerprint density at radius 3 is 2.67 bits per heavy atom. The van der Waals surface area contributed by atoms with Crippen LogP contribution < -0.4 is 5.32 Å². The molecule has 1 aliphatic rings. The average Bonchev–Trinajstić information content (AvgIpc) is 2.47. The van der Waals surface area contributed by atoms with Crippen molar-refractivity contribution >= 4 is 34.5 Å². The van der Waals surface area contributed by atoms with Gasteiger partial charge in [-0.05, 0) is 37.8 Å². The van der Waals surface area contributed by atoms with Gasteiger partial charge in [0.05, 0.1) is 12.2 Å². The van der Waals surface area contributed by atoms with Crippen molar-refractivity contribution in [3.05, 3.63) is 46.1 Å². The first-order chi connectivity index (χ1) is 10.1. The molecule has 0 aromatic heterocycles. The topological polar surface area (TPSA) is 50.7 Å². The molecule has 0 amide bonds. The van der Waals surface area contributed by atoms with Crippen LogP contribution in [0.1, 0.15) is 25.5 Å². The van der Waals surface area contributed by atoms with Gasteiger partial charge < -0.3 is 10.1 Å². The molecule has 2 rings (SSSR count). The van der Waals surface area contributed by atoms with Crippen molar-refractivity contribution in [2.45, 2.75) is 19.9 Å². The van der Waals surface area contributed by atoms with Gasteiger partial charge in [-0.3, -0.25) is 0 Å². The van der Waals surface area contributed by atoms with Crippen LogP contribution in [0.25, 0.3) is 0 Å². The van der Waals surface area contributed by atoms with Crippen molar-refractivity contribution in [2.24, 2.45) is 4.99 Å². The van der Waals surface area contributed by atoms with Crippen molar-refractivity contribution in [3.63, 3.8) is 0 Å². The number of nitrogens with zero attached hydrogens (tertiary/aromatic N) is 1. The second-order valence-corrected chi connectivity index (χ2v) is 5.71. The van der Waals surface area contributed by atoms with Gasteiger partial charge in [0.25, 0.3) is 0 Å². The number of carbonyl (C=O) groups is 1. The molecule has 6 heteroatoms. The first kappa shape index (κ1) is 15.9. The molecule has 0 spiro atoms. The highest BCUT2D eigenvalue weighted by Gasteiger charge is 2.29. The van der Waals surface area contributed by atoms with E-state index in [1.165, 1.54) is 11.8 Å². The SMILES string of the molecule is CCOC(=O)C1=C(C)NC(SC)=NC1c1ccc(Cl)cc1. The van der Waals surface area contributed by atoms with Gasteiger partial charge in [0.15, 0.2) is 5.17 Å². The zero-order valence-corrected chi connectivity index (χ0v) is 13.7. The summed E-state index contributed by atoms with van der Waals surface area (Å²) in [4.78, 5) is 16.8. The van der Waals surface area contributed by atoms with E-state index < -0.39 is 0 Å². The zero-order valence-electron chi connectivity index (χ0n) is 12.1. The fourth-order valence-corrected chi connectivity index (χ4v) is 2.70. The highest BCUT2D eigenvalue weighted by Crippen LogP contribution is 2.33. The molecule has 0 bridgehead atoms. The molecular formula is C15H17ClN2O2S. The van der Waals surface area contributed by atoms with Gasteiger partial charge in [0.1, 0.15) is 6.04 Å². The Kier molecular flexibility index (Phi) is 5.31. The Hall–Kier alpha value is -1.46. The predicted molar refractivity (Wildman–Crippen MR) is 87.6 cm³/mol. The maximum Gasteiger partial charge on any atom is 0.338 e. The smallest absolute Gasteiger partial charge is 0.338 e. The number of ether oxygens (including phenoxy) is 1. The highest BCUT2D eigenvalue weighted by atomic mass is 35.5. The molecule has 112 valence electrons. The first-order valence-corrected chi connectivity index (χ1v) is 8.19. The first-order valence-electron chi connectivity index (χ1n) is 6.59. The van der Waals surface area contributed by atoms with Crippen molar-refractivity contribution in [3.8, 4) is 0 Å². The fourth-order valence-electron chi connectivity index (χ4n) is 2.11. The maximum absolute atomic E-state index is 12.2. The Bertz CT molecular complexity index is 596. The molecule has 4 nitrogen and oxygen atoms in total. The van der Waals surface area contributed by atoms with E-state index in [0.717, 1.165) is 16.4 Å². The molecule has 1 heterocycles. The summed E-state index contributed by atoms with van der Waals surface area (Å²) in [5.74, 6) is -0.341. The van der Waals surface area contributed by atoms with Crippen molar-refractivity contribution in [1.82, 2.24) is 5.32 Å². The number of esters is 1. The molecule has 1 aromatic rings. The second-order valence-electron chi connectivity index (χ2n) is 4.48. The molecule has 21 heavy (non-hydrogen) atoms. The lowest BCUT2D eigenvalue weighted by molar-refractivity contribution is -0.138. The summed E-state index contributed by atoms with van der Waals surface area (Å²) in [5.41, 5.74) is 2.22. The van der Waals surface area contributed by atoms with E-state index in [0.29, 0.717) is 17.2 Å². The number of hydrogen-bond acceptors (Lipinski definition) is 5. The summed E-state index contributed by atoms with van der Waals surface area (Å²) in [6.07, 6.45) is 1.94. The van der Waals surface area contributed by atoms with Crippen LogP contribution in [0.4, 0.5) is 0 Å². The molecule has 1 aliphatic heterocycles. The van der Waals surface area contributed by atoms with Crippen LogP contribution in [0.5, 0.6) is 0 Å². The fraction of sp³-hybridized carbons (Fsp3) is 0.333. The van der Waals surface area contributed by atoms with Crippen LogP contribution in [0, 0.1) is 0 Å². The number of hydrogen-bond donors (Lipinski definition) is 1. The van der Waals surface area contributed by atoms with Gasteiger partial charge in [-0.1, -0.05) is 35.5 Å². The third kappa shape index (κ3) is 3.60. The van der Waals surface area contributed by atoms with Gasteiger partial charge in [0.2, 0.25) is 0 Å². The van der Waals surface area contributed by atoms with Gasteiger partial charge >= 0.3 is 5.97 Å². The summed E-state index contributed by atoms with van der Waals surface area (Å²) in [6.45, 7) is 3.99. The van der Waals surface area contributed by atoms with Gasteiger partial charge in [-0.25, -0.2) is 9.79 Å². The third-order valence-electron chi connectivity index (χ3n) is 3.09.